The van der Waals surface area contributed by atoms with Crippen LogP contribution in [0.5, 0.6) is 0 Å². The van der Waals surface area contributed by atoms with Crippen molar-refractivity contribution in [3.8, 4) is 22.4 Å². The van der Waals surface area contributed by atoms with Gasteiger partial charge in [0.05, 0.1) is 56.0 Å². The molecule has 3 amide bonds. The molecular weight excluding hydrogens is 911 g/mol. The molecule has 3 aromatic carbocycles. The summed E-state index contributed by atoms with van der Waals surface area (Å²) in [4.78, 5) is 74.0. The second-order valence-electron chi connectivity index (χ2n) is 20.1. The van der Waals surface area contributed by atoms with Gasteiger partial charge in [-0.1, -0.05) is 70.2 Å². The van der Waals surface area contributed by atoms with E-state index in [1.807, 2.05) is 62.5 Å². The third-order valence-corrected chi connectivity index (χ3v) is 13.9. The number of cyclic esters (lactones) is 1. The number of nitrogens with one attached hydrogen (secondary N) is 2. The van der Waals surface area contributed by atoms with Crippen LogP contribution in [0.15, 0.2) is 95.2 Å². The fourth-order valence-corrected chi connectivity index (χ4v) is 10.3. The Kier molecular flexibility index (Phi) is 16.7. The van der Waals surface area contributed by atoms with E-state index in [9.17, 15) is 19.2 Å². The molecule has 2 N–H and O–H groups in total. The first-order valence-corrected chi connectivity index (χ1v) is 25.3. The molecule has 6 bridgehead atoms. The SMILES string of the molecule is CCn1c(-c2cnccc2COC)c2c3cc(ccc31)-c1cccc(c1)C[C@H](NC(=O)C(C(C)C)N(C)C(=O)CCN=C=Nc1ccccc1N1CCOCC1)C(=O)N1CCC[C@H](N1)C(=O)OCC(C)(C)C2. The Balaban J connectivity index is 1.08. The lowest BCUT2D eigenvalue weighted by Crippen LogP contribution is -2.62. The van der Waals surface area contributed by atoms with E-state index in [-0.39, 0.29) is 37.8 Å². The monoisotopic (exact) mass is 980 g/mol. The van der Waals surface area contributed by atoms with Crippen LogP contribution in [-0.4, -0.2) is 127 Å². The van der Waals surface area contributed by atoms with E-state index in [1.54, 1.807) is 20.4 Å². The van der Waals surface area contributed by atoms with Crippen LogP contribution in [0.25, 0.3) is 33.3 Å². The molecule has 8 rings (SSSR count). The van der Waals surface area contributed by atoms with Gasteiger partial charge in [-0.2, -0.15) is 4.99 Å². The number of anilines is 1. The predicted molar refractivity (Wildman–Crippen MR) is 279 cm³/mol. The number of hydrogen-bond donors (Lipinski definition) is 2. The Labute approximate surface area is 422 Å². The van der Waals surface area contributed by atoms with Crippen molar-refractivity contribution in [2.75, 3.05) is 65.1 Å². The number of likely N-dealkylation sites (N-methyl/N-ethyl adjacent to an activating group) is 1. The highest BCUT2D eigenvalue weighted by molar-refractivity contribution is 5.96. The molecule has 72 heavy (non-hydrogen) atoms. The highest BCUT2D eigenvalue weighted by atomic mass is 16.5. The molecule has 2 aromatic heterocycles. The lowest BCUT2D eigenvalue weighted by Gasteiger charge is -2.36. The van der Waals surface area contributed by atoms with Gasteiger partial charge in [0.15, 0.2) is 0 Å². The number of morpholine rings is 1. The topological polar surface area (TPSA) is 172 Å². The maximum Gasteiger partial charge on any atom is 0.324 e. The summed E-state index contributed by atoms with van der Waals surface area (Å²) in [5, 5.41) is 5.60. The van der Waals surface area contributed by atoms with E-state index < -0.39 is 41.3 Å². The highest BCUT2D eigenvalue weighted by Crippen LogP contribution is 2.41. The smallest absolute Gasteiger partial charge is 0.324 e. The highest BCUT2D eigenvalue weighted by Gasteiger charge is 2.37. The van der Waals surface area contributed by atoms with Crippen molar-refractivity contribution in [3.63, 3.8) is 0 Å². The van der Waals surface area contributed by atoms with E-state index in [1.165, 1.54) is 9.91 Å². The number of para-hydroxylation sites is 2. The molecule has 0 saturated carbocycles. The second kappa shape index (κ2) is 23.2. The van der Waals surface area contributed by atoms with E-state index >= 15 is 0 Å². The molecule has 5 heterocycles. The second-order valence-corrected chi connectivity index (χ2v) is 20.1. The van der Waals surface area contributed by atoms with E-state index in [2.05, 4.69) is 92.3 Å². The molecule has 2 saturated heterocycles. The third-order valence-electron chi connectivity index (χ3n) is 13.9. The Morgan fingerprint density at radius 3 is 2.60 bits per heavy atom. The molecule has 380 valence electrons. The molecule has 3 atom stereocenters. The minimum Gasteiger partial charge on any atom is -0.464 e. The summed E-state index contributed by atoms with van der Waals surface area (Å²) in [6.45, 7) is 14.6. The fraction of sp³-hybridized carbons (Fsp3) is 0.464. The molecule has 3 aliphatic rings. The molecule has 3 aliphatic heterocycles. The van der Waals surface area contributed by atoms with Gasteiger partial charge in [-0.25, -0.2) is 10.4 Å². The van der Waals surface area contributed by atoms with Gasteiger partial charge in [-0.15, -0.1) is 0 Å². The van der Waals surface area contributed by atoms with Crippen LogP contribution >= 0.6 is 0 Å². The Morgan fingerprint density at radius 2 is 1.82 bits per heavy atom. The van der Waals surface area contributed by atoms with Crippen molar-refractivity contribution in [3.05, 3.63) is 102 Å². The van der Waals surface area contributed by atoms with Crippen LogP contribution < -0.4 is 15.6 Å². The predicted octanol–water partition coefficient (Wildman–Crippen LogP) is 7.40. The van der Waals surface area contributed by atoms with Crippen LogP contribution in [0.4, 0.5) is 11.4 Å². The van der Waals surface area contributed by atoms with Crippen molar-refractivity contribution in [2.24, 2.45) is 21.3 Å². The summed E-state index contributed by atoms with van der Waals surface area (Å²) in [5.41, 5.74) is 12.4. The van der Waals surface area contributed by atoms with Crippen LogP contribution in [0.1, 0.15) is 70.6 Å². The number of pyridine rings is 1. The van der Waals surface area contributed by atoms with Gasteiger partial charge >= 0.3 is 5.97 Å². The zero-order chi connectivity index (χ0) is 50.9. The quantitative estimate of drug-likeness (QED) is 0.0895. The summed E-state index contributed by atoms with van der Waals surface area (Å²) >= 11 is 0. The Bertz CT molecular complexity index is 2830. The molecule has 0 spiro atoms. The molecule has 16 heteroatoms. The molecule has 5 aromatic rings. The molecule has 16 nitrogen and oxygen atoms in total. The number of amides is 3. The van der Waals surface area contributed by atoms with Gasteiger partial charge in [0.25, 0.3) is 5.91 Å². The summed E-state index contributed by atoms with van der Waals surface area (Å²) in [5.74, 6) is -1.89. The summed E-state index contributed by atoms with van der Waals surface area (Å²) in [6, 6.07) is 24.4. The number of rotatable bonds is 13. The molecule has 1 unspecified atom stereocenters. The lowest BCUT2D eigenvalue weighted by atomic mass is 9.84. The maximum atomic E-state index is 14.8. The maximum absolute atomic E-state index is 14.8. The molecule has 0 radical (unpaired) electrons. The normalized spacial score (nSPS) is 18.7. The zero-order valence-corrected chi connectivity index (χ0v) is 42.8. The van der Waals surface area contributed by atoms with Crippen molar-refractivity contribution >= 4 is 52.0 Å². The van der Waals surface area contributed by atoms with Gasteiger partial charge in [0, 0.05) is 87.5 Å². The van der Waals surface area contributed by atoms with Gasteiger partial charge in [0.2, 0.25) is 11.8 Å². The van der Waals surface area contributed by atoms with Crippen molar-refractivity contribution in [2.45, 2.75) is 98.0 Å². The van der Waals surface area contributed by atoms with E-state index in [4.69, 9.17) is 14.2 Å². The number of carbonyl (C=O) groups is 4. The minimum absolute atomic E-state index is 0.0260. The average molecular weight is 980 g/mol. The number of hydrogen-bond acceptors (Lipinski definition) is 12. The van der Waals surface area contributed by atoms with Crippen LogP contribution in [-0.2, 0) is 59.4 Å². The molecular formula is C56H69N9O7. The van der Waals surface area contributed by atoms with Crippen LogP contribution in [0.3, 0.4) is 0 Å². The van der Waals surface area contributed by atoms with E-state index in [0.717, 1.165) is 74.4 Å². The minimum atomic E-state index is -1.05. The lowest BCUT2D eigenvalue weighted by molar-refractivity contribution is -0.155. The summed E-state index contributed by atoms with van der Waals surface area (Å²) in [6.07, 6.45) is 5.49. The Morgan fingerprint density at radius 1 is 1.03 bits per heavy atom. The van der Waals surface area contributed by atoms with Crippen LogP contribution in [0, 0.1) is 11.3 Å². The van der Waals surface area contributed by atoms with Gasteiger partial charge in [0.1, 0.15) is 18.1 Å². The van der Waals surface area contributed by atoms with Gasteiger partial charge in [-0.05, 0) is 90.3 Å². The number of aryl methyl sites for hydroxylation is 1. The number of nitrogens with zero attached hydrogens (tertiary/aromatic N) is 7. The van der Waals surface area contributed by atoms with Crippen molar-refractivity contribution in [1.82, 2.24) is 30.2 Å². The standard InChI is InChI=1S/C56H69N9O7/c1-8-64-48-19-18-40-31-42(48)43(52(64)44-33-57-22-20-41(44)34-70-7)32-56(4,5)35-72-55(69)46-16-12-24-65(61-46)54(68)47(30-38-13-11-14-39(40)29-38)60-53(67)51(37(2)3)62(6)50(66)21-23-58-36-59-45-15-9-10-17-49(45)63-25-27-71-28-26-63/h9-11,13-15,17-20,22,29,31,33,37,46-47,51,61H,8,12,16,21,23-28,30,32,34-35H2,1-7H3,(H,60,67)/t46-,47-,51?/m0/s1. The summed E-state index contributed by atoms with van der Waals surface area (Å²) < 4.78 is 19.6. The first-order chi connectivity index (χ1) is 34.8. The number of carbonyl (C=O) groups excluding carboxylic acids is 4. The number of benzene rings is 3. The number of fused-ring (bicyclic) bond motifs is 6. The number of esters is 1. The fourth-order valence-electron chi connectivity index (χ4n) is 10.3. The molecule has 0 aliphatic carbocycles. The van der Waals surface area contributed by atoms with Gasteiger partial charge in [-0.3, -0.25) is 29.2 Å². The number of methoxy groups -OCH3 is 1. The number of aromatic nitrogens is 2. The number of aliphatic imine (C=N–C) groups is 2. The number of hydrazine groups is 1. The number of ether oxygens (including phenoxy) is 3. The summed E-state index contributed by atoms with van der Waals surface area (Å²) in [7, 11) is 3.30. The average Bonchev–Trinajstić information content (AvgIpc) is 3.68. The largest absolute Gasteiger partial charge is 0.464 e. The first kappa shape index (κ1) is 51.6. The third kappa shape index (κ3) is 11.8. The zero-order valence-electron chi connectivity index (χ0n) is 42.8. The molecule has 2 fully saturated rings. The first-order valence-electron chi connectivity index (χ1n) is 25.3. The van der Waals surface area contributed by atoms with Crippen LogP contribution in [0.2, 0.25) is 0 Å². The van der Waals surface area contributed by atoms with Gasteiger partial charge < -0.3 is 33.9 Å². The Hall–Kier alpha value is -6.71. The van der Waals surface area contributed by atoms with Crippen molar-refractivity contribution in [1.29, 1.82) is 0 Å². The van der Waals surface area contributed by atoms with Crippen molar-refractivity contribution < 1.29 is 33.4 Å². The van der Waals surface area contributed by atoms with E-state index in [0.29, 0.717) is 52.2 Å².